The van der Waals surface area contributed by atoms with Gasteiger partial charge in [-0.05, 0) is 30.9 Å². The van der Waals surface area contributed by atoms with Gasteiger partial charge in [-0.3, -0.25) is 0 Å². The summed E-state index contributed by atoms with van der Waals surface area (Å²) < 4.78 is 0. The molecule has 15 heavy (non-hydrogen) atoms. The van der Waals surface area contributed by atoms with Crippen LogP contribution in [0.2, 0.25) is 0 Å². The Balaban J connectivity index is 2.66. The van der Waals surface area contributed by atoms with E-state index in [9.17, 15) is 0 Å². The SMILES string of the molecule is CCC(CSC)Nc1ccc(N)c(N)c1. The van der Waals surface area contributed by atoms with E-state index in [1.54, 1.807) is 0 Å². The van der Waals surface area contributed by atoms with Gasteiger partial charge in [0.05, 0.1) is 11.4 Å². The third kappa shape index (κ3) is 3.55. The van der Waals surface area contributed by atoms with Gasteiger partial charge in [-0.25, -0.2) is 0 Å². The Labute approximate surface area is 95.6 Å². The summed E-state index contributed by atoms with van der Waals surface area (Å²) in [6, 6.07) is 6.18. The van der Waals surface area contributed by atoms with E-state index in [0.717, 1.165) is 17.9 Å². The molecule has 0 aliphatic rings. The van der Waals surface area contributed by atoms with Crippen molar-refractivity contribution in [2.45, 2.75) is 19.4 Å². The molecule has 1 rings (SSSR count). The van der Waals surface area contributed by atoms with Gasteiger partial charge in [-0.15, -0.1) is 0 Å². The maximum absolute atomic E-state index is 5.74. The molecule has 0 heterocycles. The number of rotatable bonds is 5. The van der Waals surface area contributed by atoms with Gasteiger partial charge in [-0.2, -0.15) is 11.8 Å². The zero-order valence-corrected chi connectivity index (χ0v) is 10.1. The summed E-state index contributed by atoms with van der Waals surface area (Å²) in [5.74, 6) is 1.10. The second-order valence-electron chi connectivity index (χ2n) is 3.55. The molecular formula is C11H19N3S. The normalized spacial score (nSPS) is 12.4. The molecule has 0 radical (unpaired) electrons. The number of hydrogen-bond acceptors (Lipinski definition) is 4. The first-order valence-electron chi connectivity index (χ1n) is 5.07. The smallest absolute Gasteiger partial charge is 0.0568 e. The summed E-state index contributed by atoms with van der Waals surface area (Å²) in [4.78, 5) is 0. The fraction of sp³-hybridized carbons (Fsp3) is 0.455. The predicted molar refractivity (Wildman–Crippen MR) is 71.4 cm³/mol. The van der Waals surface area contributed by atoms with E-state index in [4.69, 9.17) is 11.5 Å². The minimum atomic E-state index is 0.489. The molecule has 4 heteroatoms. The van der Waals surface area contributed by atoms with Crippen molar-refractivity contribution in [2.75, 3.05) is 28.8 Å². The van der Waals surface area contributed by atoms with Gasteiger partial charge in [0.1, 0.15) is 0 Å². The molecule has 0 fully saturated rings. The van der Waals surface area contributed by atoms with Crippen molar-refractivity contribution >= 4 is 28.8 Å². The van der Waals surface area contributed by atoms with Crippen LogP contribution in [0.25, 0.3) is 0 Å². The molecule has 1 aromatic carbocycles. The molecule has 1 atom stereocenters. The number of hydrogen-bond donors (Lipinski definition) is 3. The molecule has 0 saturated carbocycles. The van der Waals surface area contributed by atoms with Crippen molar-refractivity contribution < 1.29 is 0 Å². The van der Waals surface area contributed by atoms with E-state index < -0.39 is 0 Å². The molecule has 0 aromatic heterocycles. The van der Waals surface area contributed by atoms with Crippen LogP contribution in [0.1, 0.15) is 13.3 Å². The predicted octanol–water partition coefficient (Wildman–Crippen LogP) is 2.40. The Bertz CT molecular complexity index is 315. The lowest BCUT2D eigenvalue weighted by Gasteiger charge is -2.17. The van der Waals surface area contributed by atoms with Crippen molar-refractivity contribution in [3.63, 3.8) is 0 Å². The van der Waals surface area contributed by atoms with Gasteiger partial charge in [0.15, 0.2) is 0 Å². The van der Waals surface area contributed by atoms with Gasteiger partial charge in [-0.1, -0.05) is 6.92 Å². The Morgan fingerprint density at radius 2 is 2.07 bits per heavy atom. The van der Waals surface area contributed by atoms with Crippen LogP contribution >= 0.6 is 11.8 Å². The third-order valence-corrected chi connectivity index (χ3v) is 3.05. The molecule has 0 amide bonds. The minimum absolute atomic E-state index is 0.489. The van der Waals surface area contributed by atoms with E-state index in [1.165, 1.54) is 0 Å². The van der Waals surface area contributed by atoms with Crippen LogP contribution in [-0.2, 0) is 0 Å². The summed E-state index contributed by atoms with van der Waals surface area (Å²) in [7, 11) is 0. The monoisotopic (exact) mass is 225 g/mol. The number of nitrogens with two attached hydrogens (primary N) is 2. The summed E-state index contributed by atoms with van der Waals surface area (Å²) in [5, 5.41) is 3.44. The molecule has 84 valence electrons. The number of nitrogens with one attached hydrogen (secondary N) is 1. The van der Waals surface area contributed by atoms with Crippen molar-refractivity contribution in [3.8, 4) is 0 Å². The van der Waals surface area contributed by atoms with Crippen molar-refractivity contribution in [2.24, 2.45) is 0 Å². The molecule has 0 bridgehead atoms. The molecule has 0 spiro atoms. The van der Waals surface area contributed by atoms with Gasteiger partial charge < -0.3 is 16.8 Å². The van der Waals surface area contributed by atoms with Crippen molar-refractivity contribution in [3.05, 3.63) is 18.2 Å². The first-order chi connectivity index (χ1) is 7.17. The fourth-order valence-corrected chi connectivity index (χ4v) is 2.08. The zero-order valence-electron chi connectivity index (χ0n) is 9.29. The highest BCUT2D eigenvalue weighted by Crippen LogP contribution is 2.21. The summed E-state index contributed by atoms with van der Waals surface area (Å²) in [6.45, 7) is 2.18. The first-order valence-corrected chi connectivity index (χ1v) is 6.47. The highest BCUT2D eigenvalue weighted by Gasteiger charge is 2.05. The van der Waals surface area contributed by atoms with Gasteiger partial charge in [0.25, 0.3) is 0 Å². The molecule has 1 unspecified atom stereocenters. The van der Waals surface area contributed by atoms with E-state index in [0.29, 0.717) is 17.4 Å². The largest absolute Gasteiger partial charge is 0.397 e. The van der Waals surface area contributed by atoms with E-state index in [2.05, 4.69) is 18.5 Å². The van der Waals surface area contributed by atoms with E-state index >= 15 is 0 Å². The lowest BCUT2D eigenvalue weighted by Crippen LogP contribution is -2.21. The molecule has 3 nitrogen and oxygen atoms in total. The maximum atomic E-state index is 5.74. The second kappa shape index (κ2) is 5.75. The van der Waals surface area contributed by atoms with Crippen LogP contribution < -0.4 is 16.8 Å². The summed E-state index contributed by atoms with van der Waals surface area (Å²) >= 11 is 1.84. The highest BCUT2D eigenvalue weighted by molar-refractivity contribution is 7.98. The minimum Gasteiger partial charge on any atom is -0.397 e. The molecule has 0 aliphatic carbocycles. The van der Waals surface area contributed by atoms with Gasteiger partial charge >= 0.3 is 0 Å². The second-order valence-corrected chi connectivity index (χ2v) is 4.46. The quantitative estimate of drug-likeness (QED) is 0.673. The number of nitrogen functional groups attached to an aromatic ring is 2. The number of anilines is 3. The lowest BCUT2D eigenvalue weighted by molar-refractivity contribution is 0.775. The molecule has 1 aromatic rings. The van der Waals surface area contributed by atoms with Crippen LogP contribution in [0.3, 0.4) is 0 Å². The Morgan fingerprint density at radius 1 is 1.33 bits per heavy atom. The van der Waals surface area contributed by atoms with Crippen LogP contribution in [0.15, 0.2) is 18.2 Å². The zero-order chi connectivity index (χ0) is 11.3. The van der Waals surface area contributed by atoms with Crippen LogP contribution in [0, 0.1) is 0 Å². The highest BCUT2D eigenvalue weighted by atomic mass is 32.2. The van der Waals surface area contributed by atoms with Crippen molar-refractivity contribution in [1.29, 1.82) is 0 Å². The topological polar surface area (TPSA) is 64.1 Å². The molecular weight excluding hydrogens is 206 g/mol. The van der Waals surface area contributed by atoms with Crippen molar-refractivity contribution in [1.82, 2.24) is 0 Å². The van der Waals surface area contributed by atoms with Gasteiger partial charge in [0, 0.05) is 17.5 Å². The molecule has 0 saturated heterocycles. The molecule has 5 N–H and O–H groups in total. The van der Waals surface area contributed by atoms with Crippen LogP contribution in [-0.4, -0.2) is 18.1 Å². The third-order valence-electron chi connectivity index (χ3n) is 2.32. The first kappa shape index (κ1) is 12.0. The average Bonchev–Trinajstić information content (AvgIpc) is 2.23. The van der Waals surface area contributed by atoms with E-state index in [1.807, 2.05) is 30.0 Å². The number of thioether (sulfide) groups is 1. The maximum Gasteiger partial charge on any atom is 0.0568 e. The summed E-state index contributed by atoms with van der Waals surface area (Å²) in [6.07, 6.45) is 3.22. The Morgan fingerprint density at radius 3 is 2.60 bits per heavy atom. The lowest BCUT2D eigenvalue weighted by atomic mass is 10.2. The Kier molecular flexibility index (Phi) is 4.62. The van der Waals surface area contributed by atoms with Crippen LogP contribution in [0.4, 0.5) is 17.1 Å². The summed E-state index contributed by atoms with van der Waals surface area (Å²) in [5.41, 5.74) is 13.7. The van der Waals surface area contributed by atoms with E-state index in [-0.39, 0.29) is 0 Å². The Hall–Kier alpha value is -1.03. The average molecular weight is 225 g/mol. The van der Waals surface area contributed by atoms with Crippen LogP contribution in [0.5, 0.6) is 0 Å². The number of benzene rings is 1. The van der Waals surface area contributed by atoms with Gasteiger partial charge in [0.2, 0.25) is 0 Å². The fourth-order valence-electron chi connectivity index (χ4n) is 1.36. The molecule has 0 aliphatic heterocycles. The standard InChI is InChI=1S/C11H19N3S/c1-3-8(7-15-2)14-9-4-5-10(12)11(13)6-9/h4-6,8,14H,3,7,12-13H2,1-2H3.